The molecule has 24 heavy (non-hydrogen) atoms. The van der Waals surface area contributed by atoms with Crippen molar-refractivity contribution in [2.75, 3.05) is 5.32 Å². The zero-order valence-electron chi connectivity index (χ0n) is 13.9. The van der Waals surface area contributed by atoms with Crippen LogP contribution in [0.3, 0.4) is 0 Å². The van der Waals surface area contributed by atoms with E-state index in [9.17, 15) is 9.59 Å². The van der Waals surface area contributed by atoms with E-state index in [1.807, 2.05) is 39.0 Å². The number of carbonyl (C=O) groups excluding carboxylic acids is 2. The van der Waals surface area contributed by atoms with Gasteiger partial charge in [0.1, 0.15) is 5.01 Å². The molecule has 0 spiro atoms. The molecule has 1 aliphatic heterocycles. The number of rotatable bonds is 4. The second-order valence-electron chi connectivity index (χ2n) is 6.26. The molecule has 0 saturated carbocycles. The summed E-state index contributed by atoms with van der Waals surface area (Å²) in [5.74, 6) is 0.101. The monoisotopic (exact) mass is 344 g/mol. The van der Waals surface area contributed by atoms with Gasteiger partial charge in [0.05, 0.1) is 6.04 Å². The van der Waals surface area contributed by atoms with Gasteiger partial charge < -0.3 is 10.6 Å². The third-order valence-electron chi connectivity index (χ3n) is 4.00. The average Bonchev–Trinajstić information content (AvgIpc) is 3.04. The van der Waals surface area contributed by atoms with Crippen molar-refractivity contribution >= 4 is 28.8 Å². The van der Waals surface area contributed by atoms with Gasteiger partial charge >= 0.3 is 0 Å². The van der Waals surface area contributed by atoms with Gasteiger partial charge in [-0.05, 0) is 30.5 Å². The van der Waals surface area contributed by atoms with E-state index in [1.165, 1.54) is 11.3 Å². The van der Waals surface area contributed by atoms with Gasteiger partial charge in [-0.15, -0.1) is 10.2 Å². The number of nitrogens with one attached hydrogen (secondary N) is 2. The molecule has 1 aromatic heterocycles. The molecular weight excluding hydrogens is 324 g/mol. The molecule has 0 aliphatic carbocycles. The fraction of sp³-hybridized carbons (Fsp3) is 0.412. The van der Waals surface area contributed by atoms with E-state index < -0.39 is 0 Å². The summed E-state index contributed by atoms with van der Waals surface area (Å²) in [7, 11) is 0. The van der Waals surface area contributed by atoms with Crippen LogP contribution in [0.25, 0.3) is 0 Å². The summed E-state index contributed by atoms with van der Waals surface area (Å²) in [5.41, 5.74) is 2.97. The minimum Gasteiger partial charge on any atom is -0.343 e. The van der Waals surface area contributed by atoms with Crippen LogP contribution in [0.2, 0.25) is 0 Å². The summed E-state index contributed by atoms with van der Waals surface area (Å²) in [4.78, 5) is 23.8. The number of hydrogen-bond acceptors (Lipinski definition) is 5. The minimum atomic E-state index is -0.210. The second-order valence-corrected chi connectivity index (χ2v) is 7.27. The molecule has 3 rings (SSSR count). The van der Waals surface area contributed by atoms with Gasteiger partial charge in [0.2, 0.25) is 10.9 Å². The van der Waals surface area contributed by atoms with Gasteiger partial charge in [-0.3, -0.25) is 9.59 Å². The van der Waals surface area contributed by atoms with Crippen molar-refractivity contribution in [3.63, 3.8) is 0 Å². The normalized spacial score (nSPS) is 14.9. The van der Waals surface area contributed by atoms with Crippen LogP contribution in [0, 0.1) is 0 Å². The number of amides is 2. The molecule has 126 valence electrons. The van der Waals surface area contributed by atoms with E-state index in [1.54, 1.807) is 0 Å². The molecule has 0 fully saturated rings. The number of carbonyl (C=O) groups is 2. The van der Waals surface area contributed by atoms with Crippen molar-refractivity contribution in [2.45, 2.75) is 45.6 Å². The van der Waals surface area contributed by atoms with Crippen LogP contribution in [-0.2, 0) is 11.2 Å². The highest BCUT2D eigenvalue weighted by molar-refractivity contribution is 7.13. The number of aryl methyl sites for hydroxylation is 1. The molecular formula is C17H20N4O2S. The maximum atomic E-state index is 12.3. The molecule has 6 nitrogen and oxygen atoms in total. The highest BCUT2D eigenvalue weighted by Gasteiger charge is 2.19. The summed E-state index contributed by atoms with van der Waals surface area (Å²) in [5, 5.41) is 15.1. The molecule has 2 heterocycles. The topological polar surface area (TPSA) is 84.0 Å². The Morgan fingerprint density at radius 1 is 1.25 bits per heavy atom. The lowest BCUT2D eigenvalue weighted by Gasteiger charge is -2.20. The lowest BCUT2D eigenvalue weighted by atomic mass is 9.98. The number of aromatic nitrogens is 2. The number of benzene rings is 1. The lowest BCUT2D eigenvalue weighted by molar-refractivity contribution is -0.116. The number of fused-ring (bicyclic) bond motifs is 1. The maximum absolute atomic E-state index is 12.3. The standard InChI is InChI=1S/C17H20N4O2S/c1-9(2)16-20-21-17(24-16)15(23)18-10(3)11-4-6-13-12(8-11)5-7-14(22)19-13/h4,6,8-10H,5,7H2,1-3H3,(H,18,23)(H,19,22). The van der Waals surface area contributed by atoms with Crippen LogP contribution >= 0.6 is 11.3 Å². The molecule has 1 aromatic carbocycles. The van der Waals surface area contributed by atoms with E-state index in [4.69, 9.17) is 0 Å². The fourth-order valence-corrected chi connectivity index (χ4v) is 3.32. The predicted octanol–water partition coefficient (Wildman–Crippen LogP) is 3.04. The molecule has 0 radical (unpaired) electrons. The SMILES string of the molecule is CC(C)c1nnc(C(=O)NC(C)c2ccc3c(c2)CCC(=O)N3)s1. The highest BCUT2D eigenvalue weighted by Crippen LogP contribution is 2.26. The molecule has 0 saturated heterocycles. The van der Waals surface area contributed by atoms with Crippen LogP contribution in [0.5, 0.6) is 0 Å². The molecule has 1 aliphatic rings. The summed E-state index contributed by atoms with van der Waals surface area (Å²) in [6.45, 7) is 5.98. The number of anilines is 1. The first-order valence-corrected chi connectivity index (χ1v) is 8.82. The Labute approximate surface area is 144 Å². The Hall–Kier alpha value is -2.28. The van der Waals surface area contributed by atoms with E-state index in [0.29, 0.717) is 11.4 Å². The van der Waals surface area contributed by atoms with E-state index in [0.717, 1.165) is 28.2 Å². The first-order chi connectivity index (χ1) is 11.4. The van der Waals surface area contributed by atoms with Crippen LogP contribution in [-0.4, -0.2) is 22.0 Å². The lowest BCUT2D eigenvalue weighted by Crippen LogP contribution is -2.27. The molecule has 2 N–H and O–H groups in total. The third-order valence-corrected chi connectivity index (χ3v) is 5.22. The largest absolute Gasteiger partial charge is 0.343 e. The molecule has 7 heteroatoms. The van der Waals surface area contributed by atoms with Gasteiger partial charge in [-0.1, -0.05) is 37.3 Å². The summed E-state index contributed by atoms with van der Waals surface area (Å²) in [6.07, 6.45) is 1.23. The summed E-state index contributed by atoms with van der Waals surface area (Å²) >= 11 is 1.33. The molecule has 1 unspecified atom stereocenters. The second kappa shape index (κ2) is 6.68. The van der Waals surface area contributed by atoms with Crippen LogP contribution < -0.4 is 10.6 Å². The molecule has 2 amide bonds. The van der Waals surface area contributed by atoms with Crippen molar-refractivity contribution in [3.05, 3.63) is 39.3 Å². The van der Waals surface area contributed by atoms with Crippen molar-refractivity contribution in [3.8, 4) is 0 Å². The zero-order valence-corrected chi connectivity index (χ0v) is 14.7. The molecule has 2 aromatic rings. The fourth-order valence-electron chi connectivity index (χ4n) is 2.57. The smallest absolute Gasteiger partial charge is 0.282 e. The predicted molar refractivity (Wildman–Crippen MR) is 93.3 cm³/mol. The Morgan fingerprint density at radius 3 is 2.75 bits per heavy atom. The highest BCUT2D eigenvalue weighted by atomic mass is 32.1. The summed E-state index contributed by atoms with van der Waals surface area (Å²) < 4.78 is 0. The Kier molecular flexibility index (Phi) is 4.62. The first-order valence-electron chi connectivity index (χ1n) is 8.01. The van der Waals surface area contributed by atoms with Gasteiger partial charge in [0.15, 0.2) is 0 Å². The van der Waals surface area contributed by atoms with E-state index in [-0.39, 0.29) is 23.8 Å². The van der Waals surface area contributed by atoms with Crippen LogP contribution in [0.4, 0.5) is 5.69 Å². The average molecular weight is 344 g/mol. The van der Waals surface area contributed by atoms with Crippen molar-refractivity contribution in [1.82, 2.24) is 15.5 Å². The van der Waals surface area contributed by atoms with Gasteiger partial charge in [0, 0.05) is 18.0 Å². The van der Waals surface area contributed by atoms with Crippen LogP contribution in [0.15, 0.2) is 18.2 Å². The van der Waals surface area contributed by atoms with Gasteiger partial charge in [0.25, 0.3) is 5.91 Å². The quantitative estimate of drug-likeness (QED) is 0.893. The van der Waals surface area contributed by atoms with E-state index >= 15 is 0 Å². The minimum absolute atomic E-state index is 0.0498. The number of nitrogens with zero attached hydrogens (tertiary/aromatic N) is 2. The molecule has 1 atom stereocenters. The van der Waals surface area contributed by atoms with Gasteiger partial charge in [-0.2, -0.15) is 0 Å². The Bertz CT molecular complexity index is 785. The zero-order chi connectivity index (χ0) is 17.3. The van der Waals surface area contributed by atoms with Crippen molar-refractivity contribution < 1.29 is 9.59 Å². The maximum Gasteiger partial charge on any atom is 0.282 e. The van der Waals surface area contributed by atoms with Crippen molar-refractivity contribution in [2.24, 2.45) is 0 Å². The Morgan fingerprint density at radius 2 is 2.04 bits per heavy atom. The van der Waals surface area contributed by atoms with Crippen molar-refractivity contribution in [1.29, 1.82) is 0 Å². The molecule has 0 bridgehead atoms. The summed E-state index contributed by atoms with van der Waals surface area (Å²) in [6, 6.07) is 5.72. The van der Waals surface area contributed by atoms with Gasteiger partial charge in [-0.25, -0.2) is 0 Å². The van der Waals surface area contributed by atoms with E-state index in [2.05, 4.69) is 20.8 Å². The van der Waals surface area contributed by atoms with Crippen LogP contribution in [0.1, 0.15) is 65.1 Å². The Balaban J connectivity index is 1.71. The number of hydrogen-bond donors (Lipinski definition) is 2. The first kappa shape index (κ1) is 16.6. The third kappa shape index (κ3) is 3.46.